The van der Waals surface area contributed by atoms with E-state index in [1.54, 1.807) is 0 Å². The molecule has 3 nitrogen and oxygen atoms in total. The van der Waals surface area contributed by atoms with Crippen molar-refractivity contribution in [2.75, 3.05) is 39.3 Å². The third kappa shape index (κ3) is 5.50. The van der Waals surface area contributed by atoms with Crippen molar-refractivity contribution >= 4 is 0 Å². The summed E-state index contributed by atoms with van der Waals surface area (Å²) in [5.74, 6) is 0. The molecule has 2 N–H and O–H groups in total. The van der Waals surface area contributed by atoms with Crippen LogP contribution in [-0.2, 0) is 0 Å². The summed E-state index contributed by atoms with van der Waals surface area (Å²) in [4.78, 5) is 2.54. The van der Waals surface area contributed by atoms with E-state index in [4.69, 9.17) is 5.11 Å². The first-order valence-electron chi connectivity index (χ1n) is 6.18. The number of aliphatic hydroxyl groups excluding tert-OH is 1. The van der Waals surface area contributed by atoms with Crippen LogP contribution in [0.2, 0.25) is 0 Å². The molecule has 0 aliphatic carbocycles. The van der Waals surface area contributed by atoms with E-state index >= 15 is 0 Å². The van der Waals surface area contributed by atoms with Gasteiger partial charge in [0.05, 0.1) is 0 Å². The summed E-state index contributed by atoms with van der Waals surface area (Å²) < 4.78 is 0. The minimum absolute atomic E-state index is 0.0215. The minimum Gasteiger partial charge on any atom is -0.396 e. The standard InChI is InChI=1S/C12H26N2O/c1-12(2,11-15)10-13-6-5-9-14-7-3-4-8-14/h13,15H,3-11H2,1-2H3. The smallest absolute Gasteiger partial charge is 0.0494 e. The van der Waals surface area contributed by atoms with Crippen LogP contribution in [0.25, 0.3) is 0 Å². The molecule has 0 amide bonds. The second-order valence-electron chi connectivity index (χ2n) is 5.40. The van der Waals surface area contributed by atoms with Gasteiger partial charge in [0, 0.05) is 18.6 Å². The van der Waals surface area contributed by atoms with Gasteiger partial charge in [0.25, 0.3) is 0 Å². The number of rotatable bonds is 7. The Balaban J connectivity index is 1.92. The molecule has 0 aromatic carbocycles. The Morgan fingerprint density at radius 3 is 2.53 bits per heavy atom. The maximum Gasteiger partial charge on any atom is 0.0494 e. The quantitative estimate of drug-likeness (QED) is 0.623. The molecule has 0 saturated carbocycles. The van der Waals surface area contributed by atoms with Crippen molar-refractivity contribution in [3.05, 3.63) is 0 Å². The molecule has 3 heteroatoms. The second-order valence-corrected chi connectivity index (χ2v) is 5.40. The van der Waals surface area contributed by atoms with Crippen LogP contribution in [0.1, 0.15) is 33.1 Å². The Kier molecular flexibility index (Phi) is 5.58. The fourth-order valence-electron chi connectivity index (χ4n) is 1.92. The molecular formula is C12H26N2O. The van der Waals surface area contributed by atoms with Crippen LogP contribution in [0.15, 0.2) is 0 Å². The van der Waals surface area contributed by atoms with E-state index in [1.807, 2.05) is 0 Å². The van der Waals surface area contributed by atoms with Gasteiger partial charge in [0.2, 0.25) is 0 Å². The second kappa shape index (κ2) is 6.46. The van der Waals surface area contributed by atoms with E-state index in [0.717, 1.165) is 13.1 Å². The first kappa shape index (κ1) is 12.9. The fraction of sp³-hybridized carbons (Fsp3) is 1.00. The molecule has 1 rings (SSSR count). The monoisotopic (exact) mass is 214 g/mol. The highest BCUT2D eigenvalue weighted by Gasteiger charge is 2.15. The summed E-state index contributed by atoms with van der Waals surface area (Å²) in [6, 6.07) is 0. The number of likely N-dealkylation sites (tertiary alicyclic amines) is 1. The van der Waals surface area contributed by atoms with Crippen LogP contribution in [0, 0.1) is 5.41 Å². The van der Waals surface area contributed by atoms with Crippen molar-refractivity contribution in [3.8, 4) is 0 Å². The summed E-state index contributed by atoms with van der Waals surface area (Å²) in [6.07, 6.45) is 3.98. The zero-order valence-electron chi connectivity index (χ0n) is 10.3. The Bertz CT molecular complexity index is 165. The van der Waals surface area contributed by atoms with Crippen molar-refractivity contribution in [1.82, 2.24) is 10.2 Å². The van der Waals surface area contributed by atoms with Crippen molar-refractivity contribution in [1.29, 1.82) is 0 Å². The maximum absolute atomic E-state index is 9.07. The average Bonchev–Trinajstić information content (AvgIpc) is 2.70. The van der Waals surface area contributed by atoms with Crippen molar-refractivity contribution < 1.29 is 5.11 Å². The summed E-state index contributed by atoms with van der Waals surface area (Å²) >= 11 is 0. The molecule has 0 unspecified atom stereocenters. The van der Waals surface area contributed by atoms with Crippen molar-refractivity contribution in [2.45, 2.75) is 33.1 Å². The van der Waals surface area contributed by atoms with Gasteiger partial charge in [-0.05, 0) is 45.4 Å². The third-order valence-electron chi connectivity index (χ3n) is 3.06. The molecule has 0 radical (unpaired) electrons. The van der Waals surface area contributed by atoms with Gasteiger partial charge in [-0.25, -0.2) is 0 Å². The zero-order valence-corrected chi connectivity index (χ0v) is 10.3. The minimum atomic E-state index is 0.0215. The van der Waals surface area contributed by atoms with E-state index in [9.17, 15) is 0 Å². The Morgan fingerprint density at radius 2 is 1.93 bits per heavy atom. The summed E-state index contributed by atoms with van der Waals surface area (Å²) in [5, 5.41) is 12.5. The van der Waals surface area contributed by atoms with Gasteiger partial charge < -0.3 is 15.3 Å². The predicted octanol–water partition coefficient (Wildman–Crippen LogP) is 1.08. The lowest BCUT2D eigenvalue weighted by Gasteiger charge is -2.22. The van der Waals surface area contributed by atoms with E-state index in [-0.39, 0.29) is 12.0 Å². The van der Waals surface area contributed by atoms with Crippen LogP contribution in [-0.4, -0.2) is 49.3 Å². The molecule has 1 aliphatic rings. The highest BCUT2D eigenvalue weighted by molar-refractivity contribution is 4.71. The Labute approximate surface area is 93.9 Å². The molecule has 1 heterocycles. The van der Waals surface area contributed by atoms with Crippen molar-refractivity contribution in [3.63, 3.8) is 0 Å². The largest absolute Gasteiger partial charge is 0.396 e. The van der Waals surface area contributed by atoms with E-state index in [2.05, 4.69) is 24.1 Å². The highest BCUT2D eigenvalue weighted by atomic mass is 16.3. The van der Waals surface area contributed by atoms with E-state index in [0.29, 0.717) is 0 Å². The molecule has 90 valence electrons. The number of nitrogens with zero attached hydrogens (tertiary/aromatic N) is 1. The van der Waals surface area contributed by atoms with Crippen LogP contribution in [0.5, 0.6) is 0 Å². The summed E-state index contributed by atoms with van der Waals surface area (Å²) in [6.45, 7) is 10.2. The number of hydrogen-bond acceptors (Lipinski definition) is 3. The van der Waals surface area contributed by atoms with Crippen LogP contribution in [0.3, 0.4) is 0 Å². The molecule has 0 bridgehead atoms. The predicted molar refractivity (Wildman–Crippen MR) is 64.0 cm³/mol. The normalized spacial score (nSPS) is 18.6. The van der Waals surface area contributed by atoms with E-state index in [1.165, 1.54) is 38.9 Å². The average molecular weight is 214 g/mol. The lowest BCUT2D eigenvalue weighted by atomic mass is 9.95. The van der Waals surface area contributed by atoms with Gasteiger partial charge in [0.1, 0.15) is 0 Å². The Hall–Kier alpha value is -0.120. The van der Waals surface area contributed by atoms with Crippen LogP contribution < -0.4 is 5.32 Å². The van der Waals surface area contributed by atoms with E-state index < -0.39 is 0 Å². The first-order valence-corrected chi connectivity index (χ1v) is 6.18. The van der Waals surface area contributed by atoms with Gasteiger partial charge >= 0.3 is 0 Å². The fourth-order valence-corrected chi connectivity index (χ4v) is 1.92. The lowest BCUT2D eigenvalue weighted by Crippen LogP contribution is -2.34. The topological polar surface area (TPSA) is 35.5 Å². The highest BCUT2D eigenvalue weighted by Crippen LogP contribution is 2.11. The number of nitrogens with one attached hydrogen (secondary N) is 1. The maximum atomic E-state index is 9.07. The molecule has 1 saturated heterocycles. The van der Waals surface area contributed by atoms with Crippen molar-refractivity contribution in [2.24, 2.45) is 5.41 Å². The number of aliphatic hydroxyl groups is 1. The molecule has 1 fully saturated rings. The molecule has 1 aliphatic heterocycles. The molecule has 0 aromatic heterocycles. The zero-order chi connectivity index (χ0) is 11.1. The van der Waals surface area contributed by atoms with Gasteiger partial charge in [0.15, 0.2) is 0 Å². The van der Waals surface area contributed by atoms with Gasteiger partial charge in [-0.3, -0.25) is 0 Å². The Morgan fingerprint density at radius 1 is 1.27 bits per heavy atom. The summed E-state index contributed by atoms with van der Waals surface area (Å²) in [5.41, 5.74) is 0.0215. The van der Waals surface area contributed by atoms with Gasteiger partial charge in [-0.1, -0.05) is 13.8 Å². The molecular weight excluding hydrogens is 188 g/mol. The van der Waals surface area contributed by atoms with Gasteiger partial charge in [-0.15, -0.1) is 0 Å². The van der Waals surface area contributed by atoms with Crippen LogP contribution >= 0.6 is 0 Å². The SMILES string of the molecule is CC(C)(CO)CNCCCN1CCCC1. The molecule has 0 atom stereocenters. The van der Waals surface area contributed by atoms with Crippen LogP contribution in [0.4, 0.5) is 0 Å². The summed E-state index contributed by atoms with van der Waals surface area (Å²) in [7, 11) is 0. The van der Waals surface area contributed by atoms with Gasteiger partial charge in [-0.2, -0.15) is 0 Å². The third-order valence-corrected chi connectivity index (χ3v) is 3.06. The molecule has 0 aromatic rings. The molecule has 15 heavy (non-hydrogen) atoms. The number of hydrogen-bond donors (Lipinski definition) is 2. The lowest BCUT2D eigenvalue weighted by molar-refractivity contribution is 0.156. The molecule has 0 spiro atoms. The first-order chi connectivity index (χ1) is 7.14.